The number of hydrogen-bond acceptors (Lipinski definition) is 5. The minimum Gasteiger partial charge on any atom is -0.353 e. The number of nitrogens with zero attached hydrogens (tertiary/aromatic N) is 2. The maximum atomic E-state index is 5.27. The SMILES string of the molecule is CC1CC(N(C)C)N=C(NN)N1. The van der Waals surface area contributed by atoms with Gasteiger partial charge in [-0.3, -0.25) is 10.3 Å². The lowest BCUT2D eigenvalue weighted by Gasteiger charge is -2.30. The Bertz CT molecular complexity index is 177. The molecule has 70 valence electrons. The number of hydrogen-bond donors (Lipinski definition) is 3. The van der Waals surface area contributed by atoms with Gasteiger partial charge in [0, 0.05) is 12.5 Å². The molecule has 1 aliphatic heterocycles. The summed E-state index contributed by atoms with van der Waals surface area (Å²) in [5, 5.41) is 3.14. The van der Waals surface area contributed by atoms with Crippen LogP contribution < -0.4 is 16.6 Å². The third-order valence-electron chi connectivity index (χ3n) is 1.96. The van der Waals surface area contributed by atoms with Gasteiger partial charge < -0.3 is 5.32 Å². The van der Waals surface area contributed by atoms with Crippen LogP contribution >= 0.6 is 0 Å². The zero-order chi connectivity index (χ0) is 9.14. The first-order valence-corrected chi connectivity index (χ1v) is 4.11. The summed E-state index contributed by atoms with van der Waals surface area (Å²) >= 11 is 0. The van der Waals surface area contributed by atoms with Gasteiger partial charge in [-0.1, -0.05) is 0 Å². The molecule has 0 aliphatic carbocycles. The van der Waals surface area contributed by atoms with E-state index in [0.717, 1.165) is 6.42 Å². The summed E-state index contributed by atoms with van der Waals surface area (Å²) in [6.07, 6.45) is 1.24. The lowest BCUT2D eigenvalue weighted by atomic mass is 10.1. The highest BCUT2D eigenvalue weighted by atomic mass is 15.4. The van der Waals surface area contributed by atoms with Crippen molar-refractivity contribution in [3.63, 3.8) is 0 Å². The molecule has 4 N–H and O–H groups in total. The molecular formula is C7H17N5. The Morgan fingerprint density at radius 1 is 1.67 bits per heavy atom. The Morgan fingerprint density at radius 3 is 2.83 bits per heavy atom. The number of guanidine groups is 1. The summed E-state index contributed by atoms with van der Waals surface area (Å²) < 4.78 is 0. The summed E-state index contributed by atoms with van der Waals surface area (Å²) in [4.78, 5) is 6.42. The Labute approximate surface area is 73.0 Å². The molecule has 2 atom stereocenters. The van der Waals surface area contributed by atoms with Gasteiger partial charge in [0.1, 0.15) is 6.17 Å². The Kier molecular flexibility index (Phi) is 2.88. The molecule has 1 rings (SSSR count). The molecule has 0 aromatic heterocycles. The average Bonchev–Trinajstić information content (AvgIpc) is 2.03. The van der Waals surface area contributed by atoms with E-state index >= 15 is 0 Å². The average molecular weight is 171 g/mol. The molecule has 5 heteroatoms. The summed E-state index contributed by atoms with van der Waals surface area (Å²) in [6.45, 7) is 2.11. The smallest absolute Gasteiger partial charge is 0.207 e. The van der Waals surface area contributed by atoms with Crippen LogP contribution in [0.25, 0.3) is 0 Å². The molecule has 2 unspecified atom stereocenters. The van der Waals surface area contributed by atoms with Gasteiger partial charge in [0.25, 0.3) is 0 Å². The zero-order valence-electron chi connectivity index (χ0n) is 7.83. The second-order valence-electron chi connectivity index (χ2n) is 3.35. The van der Waals surface area contributed by atoms with Crippen LogP contribution in [0.5, 0.6) is 0 Å². The van der Waals surface area contributed by atoms with Crippen LogP contribution in [0.4, 0.5) is 0 Å². The van der Waals surface area contributed by atoms with Gasteiger partial charge in [-0.2, -0.15) is 0 Å². The van der Waals surface area contributed by atoms with Crippen molar-refractivity contribution < 1.29 is 0 Å². The molecule has 0 spiro atoms. The Hall–Kier alpha value is -0.810. The topological polar surface area (TPSA) is 65.7 Å². The van der Waals surface area contributed by atoms with E-state index in [1.165, 1.54) is 0 Å². The number of rotatable bonds is 1. The van der Waals surface area contributed by atoms with E-state index in [4.69, 9.17) is 5.84 Å². The van der Waals surface area contributed by atoms with Crippen molar-refractivity contribution in [2.45, 2.75) is 25.6 Å². The summed E-state index contributed by atoms with van der Waals surface area (Å²) in [7, 11) is 4.03. The predicted octanol–water partition coefficient (Wildman–Crippen LogP) is -0.925. The lowest BCUT2D eigenvalue weighted by molar-refractivity contribution is 0.259. The maximum Gasteiger partial charge on any atom is 0.207 e. The van der Waals surface area contributed by atoms with Crippen molar-refractivity contribution >= 4 is 5.96 Å². The molecule has 1 heterocycles. The Balaban J connectivity index is 2.64. The molecule has 0 aromatic carbocycles. The standard InChI is InChI=1S/C7H17N5/c1-5-4-6(12(2)3)10-7(9-5)11-8/h5-6H,4,8H2,1-3H3,(H2,9,10,11). The number of nitrogens with two attached hydrogens (primary N) is 1. The lowest BCUT2D eigenvalue weighted by Crippen LogP contribution is -2.52. The van der Waals surface area contributed by atoms with Gasteiger partial charge in [0.2, 0.25) is 5.96 Å². The fourth-order valence-corrected chi connectivity index (χ4v) is 1.25. The molecule has 12 heavy (non-hydrogen) atoms. The predicted molar refractivity (Wildman–Crippen MR) is 49.4 cm³/mol. The first-order valence-electron chi connectivity index (χ1n) is 4.11. The number of hydrazine groups is 1. The van der Waals surface area contributed by atoms with Crippen molar-refractivity contribution in [3.05, 3.63) is 0 Å². The van der Waals surface area contributed by atoms with Gasteiger partial charge >= 0.3 is 0 Å². The third kappa shape index (κ3) is 2.09. The van der Waals surface area contributed by atoms with Gasteiger partial charge in [-0.25, -0.2) is 10.8 Å². The molecule has 0 bridgehead atoms. The maximum absolute atomic E-state index is 5.27. The van der Waals surface area contributed by atoms with E-state index in [9.17, 15) is 0 Å². The molecule has 1 aliphatic rings. The summed E-state index contributed by atoms with van der Waals surface area (Å²) in [6, 6.07) is 0.418. The van der Waals surface area contributed by atoms with Crippen molar-refractivity contribution in [1.82, 2.24) is 15.6 Å². The van der Waals surface area contributed by atoms with E-state index < -0.39 is 0 Å². The normalized spacial score (nSPS) is 29.6. The molecule has 0 radical (unpaired) electrons. The largest absolute Gasteiger partial charge is 0.353 e. The highest BCUT2D eigenvalue weighted by Gasteiger charge is 2.20. The molecular weight excluding hydrogens is 154 g/mol. The summed E-state index contributed by atoms with van der Waals surface area (Å²) in [5.74, 6) is 5.94. The van der Waals surface area contributed by atoms with Crippen molar-refractivity contribution in [3.8, 4) is 0 Å². The van der Waals surface area contributed by atoms with Crippen LogP contribution in [0.1, 0.15) is 13.3 Å². The second kappa shape index (κ2) is 3.73. The highest BCUT2D eigenvalue weighted by Crippen LogP contribution is 2.09. The van der Waals surface area contributed by atoms with E-state index in [-0.39, 0.29) is 6.17 Å². The first-order chi connectivity index (χ1) is 5.63. The molecule has 0 saturated heterocycles. The monoisotopic (exact) mass is 171 g/mol. The molecule has 0 aromatic rings. The molecule has 0 amide bonds. The fourth-order valence-electron chi connectivity index (χ4n) is 1.25. The molecule has 0 fully saturated rings. The van der Waals surface area contributed by atoms with Crippen LogP contribution in [-0.4, -0.2) is 37.2 Å². The number of aliphatic imine (C=N–C) groups is 1. The quantitative estimate of drug-likeness (QED) is 0.352. The van der Waals surface area contributed by atoms with Gasteiger partial charge in [-0.05, 0) is 21.0 Å². The van der Waals surface area contributed by atoms with Crippen LogP contribution in [0.3, 0.4) is 0 Å². The van der Waals surface area contributed by atoms with E-state index in [1.807, 2.05) is 14.1 Å². The van der Waals surface area contributed by atoms with Crippen LogP contribution in [0.2, 0.25) is 0 Å². The third-order valence-corrected chi connectivity index (χ3v) is 1.96. The minimum absolute atomic E-state index is 0.229. The van der Waals surface area contributed by atoms with Crippen molar-refractivity contribution in [1.29, 1.82) is 0 Å². The van der Waals surface area contributed by atoms with E-state index in [2.05, 4.69) is 27.6 Å². The fraction of sp³-hybridized carbons (Fsp3) is 0.857. The van der Waals surface area contributed by atoms with Crippen molar-refractivity contribution in [2.24, 2.45) is 10.8 Å². The van der Waals surface area contributed by atoms with Gasteiger partial charge in [0.15, 0.2) is 0 Å². The molecule has 0 saturated carbocycles. The van der Waals surface area contributed by atoms with E-state index in [0.29, 0.717) is 12.0 Å². The minimum atomic E-state index is 0.229. The highest BCUT2D eigenvalue weighted by molar-refractivity contribution is 5.80. The van der Waals surface area contributed by atoms with Crippen LogP contribution in [0.15, 0.2) is 4.99 Å². The number of nitrogens with one attached hydrogen (secondary N) is 2. The second-order valence-corrected chi connectivity index (χ2v) is 3.35. The first kappa shape index (κ1) is 9.28. The summed E-state index contributed by atoms with van der Waals surface area (Å²) in [5.41, 5.74) is 2.53. The van der Waals surface area contributed by atoms with E-state index in [1.54, 1.807) is 0 Å². The van der Waals surface area contributed by atoms with Crippen LogP contribution in [0, 0.1) is 0 Å². The van der Waals surface area contributed by atoms with Crippen LogP contribution in [-0.2, 0) is 0 Å². The Morgan fingerprint density at radius 2 is 2.33 bits per heavy atom. The van der Waals surface area contributed by atoms with Crippen molar-refractivity contribution in [2.75, 3.05) is 14.1 Å². The zero-order valence-corrected chi connectivity index (χ0v) is 7.83. The van der Waals surface area contributed by atoms with Gasteiger partial charge in [-0.15, -0.1) is 0 Å². The van der Waals surface area contributed by atoms with Gasteiger partial charge in [0.05, 0.1) is 0 Å². The molecule has 5 nitrogen and oxygen atoms in total.